The maximum Gasteiger partial charge on any atom is 0.224 e. The second-order valence-electron chi connectivity index (χ2n) is 3.96. The van der Waals surface area contributed by atoms with Gasteiger partial charge in [0, 0.05) is 13.0 Å². The Kier molecular flexibility index (Phi) is 2.09. The van der Waals surface area contributed by atoms with E-state index in [0.29, 0.717) is 13.1 Å². The zero-order valence-electron chi connectivity index (χ0n) is 8.83. The number of rotatable bonds is 2. The Balaban J connectivity index is 1.86. The number of likely N-dealkylation sites (tertiary alicyclic amines) is 1. The lowest BCUT2D eigenvalue weighted by atomic mass is 10.3. The smallest absolute Gasteiger partial charge is 0.224 e. The summed E-state index contributed by atoms with van der Waals surface area (Å²) in [6, 6.07) is 7.71. The van der Waals surface area contributed by atoms with Crippen molar-refractivity contribution in [1.29, 1.82) is 0 Å². The van der Waals surface area contributed by atoms with Gasteiger partial charge in [-0.1, -0.05) is 12.1 Å². The largest absolute Gasteiger partial charge is 0.321 e. The molecule has 1 amide bonds. The molecule has 0 saturated carbocycles. The third kappa shape index (κ3) is 1.54. The molecular formula is C11H12N4O. The van der Waals surface area contributed by atoms with Crippen LogP contribution >= 0.6 is 0 Å². The molecule has 16 heavy (non-hydrogen) atoms. The van der Waals surface area contributed by atoms with Gasteiger partial charge in [0.15, 0.2) is 0 Å². The highest BCUT2D eigenvalue weighted by atomic mass is 16.2. The summed E-state index contributed by atoms with van der Waals surface area (Å²) < 4.78 is 0. The predicted molar refractivity (Wildman–Crippen MR) is 58.5 cm³/mol. The van der Waals surface area contributed by atoms with Crippen LogP contribution in [-0.2, 0) is 11.5 Å². The van der Waals surface area contributed by atoms with Crippen LogP contribution in [-0.4, -0.2) is 32.3 Å². The maximum absolute atomic E-state index is 11.5. The van der Waals surface area contributed by atoms with Gasteiger partial charge in [0.2, 0.25) is 5.91 Å². The Morgan fingerprint density at radius 2 is 1.88 bits per heavy atom. The average Bonchev–Trinajstić information content (AvgIpc) is 2.85. The quantitative estimate of drug-likeness (QED) is 0.752. The van der Waals surface area contributed by atoms with Crippen molar-refractivity contribution in [1.82, 2.24) is 19.9 Å². The number of carbonyl (C=O) groups is 1. The first-order valence-electron chi connectivity index (χ1n) is 5.40. The van der Waals surface area contributed by atoms with Crippen molar-refractivity contribution in [2.45, 2.75) is 19.5 Å². The van der Waals surface area contributed by atoms with Crippen LogP contribution in [0, 0.1) is 0 Å². The molecular weight excluding hydrogens is 204 g/mol. The minimum Gasteiger partial charge on any atom is -0.321 e. The highest BCUT2D eigenvalue weighted by Gasteiger charge is 2.20. The molecule has 0 unspecified atom stereocenters. The van der Waals surface area contributed by atoms with E-state index in [4.69, 9.17) is 0 Å². The van der Waals surface area contributed by atoms with Crippen LogP contribution in [0.2, 0.25) is 0 Å². The van der Waals surface area contributed by atoms with E-state index in [-0.39, 0.29) is 5.91 Å². The summed E-state index contributed by atoms with van der Waals surface area (Å²) in [5.74, 6) is 0.196. The van der Waals surface area contributed by atoms with Gasteiger partial charge in [-0.2, -0.15) is 15.0 Å². The van der Waals surface area contributed by atoms with Crippen LogP contribution < -0.4 is 0 Å². The van der Waals surface area contributed by atoms with E-state index in [1.165, 1.54) is 0 Å². The molecule has 2 aromatic rings. The van der Waals surface area contributed by atoms with Gasteiger partial charge in [0.05, 0.1) is 0 Å². The zero-order chi connectivity index (χ0) is 11.0. The van der Waals surface area contributed by atoms with Crippen molar-refractivity contribution in [3.05, 3.63) is 24.3 Å². The first-order chi connectivity index (χ1) is 7.83. The van der Waals surface area contributed by atoms with Crippen LogP contribution in [0.1, 0.15) is 12.8 Å². The molecule has 3 rings (SSSR count). The van der Waals surface area contributed by atoms with E-state index in [9.17, 15) is 4.79 Å². The van der Waals surface area contributed by atoms with Crippen molar-refractivity contribution >= 4 is 16.9 Å². The van der Waals surface area contributed by atoms with E-state index >= 15 is 0 Å². The first-order valence-corrected chi connectivity index (χ1v) is 5.40. The monoisotopic (exact) mass is 216 g/mol. The minimum absolute atomic E-state index is 0.196. The standard InChI is InChI=1S/C11H12N4O/c16-11-6-3-7-14(11)8-15-12-9-4-1-2-5-10(9)13-15/h1-2,4-5H,3,6-8H2. The summed E-state index contributed by atoms with van der Waals surface area (Å²) in [4.78, 5) is 14.8. The lowest BCUT2D eigenvalue weighted by Gasteiger charge is -2.13. The third-order valence-electron chi connectivity index (χ3n) is 2.80. The number of hydrogen-bond acceptors (Lipinski definition) is 3. The second kappa shape index (κ2) is 3.59. The van der Waals surface area contributed by atoms with Crippen molar-refractivity contribution < 1.29 is 4.79 Å². The molecule has 0 bridgehead atoms. The summed E-state index contributed by atoms with van der Waals surface area (Å²) in [6.07, 6.45) is 1.60. The number of nitrogens with zero attached hydrogens (tertiary/aromatic N) is 4. The molecule has 2 heterocycles. The average molecular weight is 216 g/mol. The molecule has 0 radical (unpaired) electrons. The van der Waals surface area contributed by atoms with E-state index < -0.39 is 0 Å². The molecule has 0 spiro atoms. The molecule has 0 aliphatic carbocycles. The van der Waals surface area contributed by atoms with Crippen molar-refractivity contribution in [3.8, 4) is 0 Å². The number of fused-ring (bicyclic) bond motifs is 1. The summed E-state index contributed by atoms with van der Waals surface area (Å²) >= 11 is 0. The topological polar surface area (TPSA) is 51.0 Å². The molecule has 1 fully saturated rings. The number of carbonyl (C=O) groups excluding carboxylic acids is 1. The van der Waals surface area contributed by atoms with E-state index in [0.717, 1.165) is 24.0 Å². The molecule has 5 nitrogen and oxygen atoms in total. The number of benzene rings is 1. The van der Waals surface area contributed by atoms with Gasteiger partial charge in [0.1, 0.15) is 17.7 Å². The molecule has 5 heteroatoms. The van der Waals surface area contributed by atoms with Crippen LogP contribution in [0.3, 0.4) is 0 Å². The fourth-order valence-corrected chi connectivity index (χ4v) is 1.97. The van der Waals surface area contributed by atoms with Gasteiger partial charge < -0.3 is 4.90 Å². The lowest BCUT2D eigenvalue weighted by Crippen LogP contribution is -2.28. The predicted octanol–water partition coefficient (Wildman–Crippen LogP) is 1.01. The fourth-order valence-electron chi connectivity index (χ4n) is 1.97. The number of hydrogen-bond donors (Lipinski definition) is 0. The summed E-state index contributed by atoms with van der Waals surface area (Å²) in [7, 11) is 0. The van der Waals surface area contributed by atoms with Crippen molar-refractivity contribution in [3.63, 3.8) is 0 Å². The number of aromatic nitrogens is 3. The molecule has 1 aromatic heterocycles. The molecule has 82 valence electrons. The lowest BCUT2D eigenvalue weighted by molar-refractivity contribution is -0.129. The molecule has 1 saturated heterocycles. The molecule has 1 aromatic carbocycles. The molecule has 1 aliphatic heterocycles. The van der Waals surface area contributed by atoms with Gasteiger partial charge in [-0.3, -0.25) is 4.79 Å². The highest BCUT2D eigenvalue weighted by Crippen LogP contribution is 2.12. The Morgan fingerprint density at radius 3 is 2.44 bits per heavy atom. The van der Waals surface area contributed by atoms with Crippen molar-refractivity contribution in [2.75, 3.05) is 6.54 Å². The summed E-state index contributed by atoms with van der Waals surface area (Å²) in [6.45, 7) is 1.28. The zero-order valence-corrected chi connectivity index (χ0v) is 8.83. The summed E-state index contributed by atoms with van der Waals surface area (Å²) in [5, 5.41) is 8.64. The molecule has 1 aliphatic rings. The van der Waals surface area contributed by atoms with Gasteiger partial charge in [-0.05, 0) is 18.6 Å². The van der Waals surface area contributed by atoms with Crippen LogP contribution in [0.15, 0.2) is 24.3 Å². The molecule has 0 atom stereocenters. The van der Waals surface area contributed by atoms with Gasteiger partial charge in [-0.15, -0.1) is 0 Å². The maximum atomic E-state index is 11.5. The van der Waals surface area contributed by atoms with Gasteiger partial charge >= 0.3 is 0 Å². The van der Waals surface area contributed by atoms with Gasteiger partial charge in [0.25, 0.3) is 0 Å². The van der Waals surface area contributed by atoms with Gasteiger partial charge in [-0.25, -0.2) is 0 Å². The Bertz CT molecular complexity index is 501. The van der Waals surface area contributed by atoms with Crippen LogP contribution in [0.5, 0.6) is 0 Å². The van der Waals surface area contributed by atoms with E-state index in [2.05, 4.69) is 10.2 Å². The normalized spacial score (nSPS) is 16.2. The van der Waals surface area contributed by atoms with Crippen molar-refractivity contribution in [2.24, 2.45) is 0 Å². The number of amides is 1. The summed E-state index contributed by atoms with van der Waals surface area (Å²) in [5.41, 5.74) is 1.74. The highest BCUT2D eigenvalue weighted by molar-refractivity contribution is 5.77. The minimum atomic E-state index is 0.196. The Hall–Kier alpha value is -1.91. The molecule has 0 N–H and O–H groups in total. The third-order valence-corrected chi connectivity index (χ3v) is 2.80. The first kappa shape index (κ1) is 9.33. The second-order valence-corrected chi connectivity index (χ2v) is 3.96. The Labute approximate surface area is 92.6 Å². The van der Waals surface area contributed by atoms with E-state index in [1.807, 2.05) is 24.3 Å². The SMILES string of the molecule is O=C1CCCN1Cn1nc2ccccc2n1. The van der Waals surface area contributed by atoms with E-state index in [1.54, 1.807) is 9.70 Å². The Morgan fingerprint density at radius 1 is 1.19 bits per heavy atom. The fraction of sp³-hybridized carbons (Fsp3) is 0.364. The van der Waals surface area contributed by atoms with Crippen LogP contribution in [0.25, 0.3) is 11.0 Å². The van der Waals surface area contributed by atoms with Crippen LogP contribution in [0.4, 0.5) is 0 Å².